The highest BCUT2D eigenvalue weighted by Gasteiger charge is 2.51. The van der Waals surface area contributed by atoms with Crippen LogP contribution in [0.2, 0.25) is 0 Å². The van der Waals surface area contributed by atoms with Crippen LogP contribution in [-0.2, 0) is 23.9 Å². The number of allylic oxidation sites excluding steroid dienone is 2. The molecule has 0 amide bonds. The first kappa shape index (κ1) is 29.6. The second kappa shape index (κ2) is 12.2. The molecule has 2 N–H and O–H groups in total. The van der Waals surface area contributed by atoms with Crippen LogP contribution in [0.15, 0.2) is 88.7 Å². The van der Waals surface area contributed by atoms with Crippen molar-refractivity contribution >= 4 is 40.4 Å². The summed E-state index contributed by atoms with van der Waals surface area (Å²) in [5.74, 6) is -5.83. The number of hydrogen-bond acceptors (Lipinski definition) is 10. The Morgan fingerprint density at radius 1 is 1.09 bits per heavy atom. The maximum absolute atomic E-state index is 14.6. The van der Waals surface area contributed by atoms with Gasteiger partial charge in [-0.05, 0) is 61.5 Å². The van der Waals surface area contributed by atoms with Crippen LogP contribution in [0.1, 0.15) is 42.5 Å². The van der Waals surface area contributed by atoms with Gasteiger partial charge in [-0.2, -0.15) is 0 Å². The Hall–Kier alpha value is -4.84. The number of thiophene rings is 1. The molecular formula is C31H28FN3O7S. The largest absolute Gasteiger partial charge is 0.465 e. The van der Waals surface area contributed by atoms with E-state index < -0.39 is 46.2 Å². The number of esters is 2. The van der Waals surface area contributed by atoms with Gasteiger partial charge in [-0.1, -0.05) is 18.2 Å². The van der Waals surface area contributed by atoms with Crippen LogP contribution in [0.25, 0.3) is 0 Å². The maximum Gasteiger partial charge on any atom is 0.338 e. The number of nitro benzene ring substituents is 1. The van der Waals surface area contributed by atoms with E-state index in [4.69, 9.17) is 15.2 Å². The number of carbonyl (C=O) groups excluding carboxylic acids is 3. The van der Waals surface area contributed by atoms with Gasteiger partial charge < -0.3 is 15.2 Å². The fourth-order valence-electron chi connectivity index (χ4n) is 5.75. The number of hydrogen-bond donors (Lipinski definition) is 1. The quantitative estimate of drug-likeness (QED) is 0.156. The van der Waals surface area contributed by atoms with Crippen molar-refractivity contribution in [3.05, 3.63) is 115 Å². The lowest BCUT2D eigenvalue weighted by Gasteiger charge is -2.43. The average molecular weight is 606 g/mol. The maximum atomic E-state index is 14.6. The molecule has 0 radical (unpaired) electrons. The third-order valence-corrected chi connectivity index (χ3v) is 8.49. The Kier molecular flexibility index (Phi) is 8.40. The summed E-state index contributed by atoms with van der Waals surface area (Å²) < 4.78 is 25.3. The Bertz CT molecular complexity index is 1650. The van der Waals surface area contributed by atoms with Crippen LogP contribution in [-0.4, -0.2) is 35.9 Å². The first-order chi connectivity index (χ1) is 20.7. The number of carbonyl (C=O) groups is 3. The molecule has 0 saturated carbocycles. The van der Waals surface area contributed by atoms with Gasteiger partial charge in [0.15, 0.2) is 5.78 Å². The highest BCUT2D eigenvalue weighted by molar-refractivity contribution is 7.10. The number of nitro groups is 1. The summed E-state index contributed by atoms with van der Waals surface area (Å²) in [5, 5.41) is 13.2. The van der Waals surface area contributed by atoms with Gasteiger partial charge in [0.05, 0.1) is 29.6 Å². The zero-order valence-corrected chi connectivity index (χ0v) is 24.1. The van der Waals surface area contributed by atoms with Crippen LogP contribution < -0.4 is 10.6 Å². The van der Waals surface area contributed by atoms with Gasteiger partial charge >= 0.3 is 11.9 Å². The molecule has 0 unspecified atom stereocenters. The van der Waals surface area contributed by atoms with E-state index in [1.165, 1.54) is 58.7 Å². The third-order valence-electron chi connectivity index (χ3n) is 7.48. The van der Waals surface area contributed by atoms with Crippen molar-refractivity contribution in [1.29, 1.82) is 0 Å². The zero-order valence-electron chi connectivity index (χ0n) is 23.3. The minimum absolute atomic E-state index is 0.00519. The van der Waals surface area contributed by atoms with Crippen LogP contribution >= 0.6 is 11.3 Å². The van der Waals surface area contributed by atoms with Gasteiger partial charge in [0, 0.05) is 39.9 Å². The van der Waals surface area contributed by atoms with Crippen LogP contribution in [0.4, 0.5) is 15.8 Å². The van der Waals surface area contributed by atoms with E-state index in [2.05, 4.69) is 0 Å². The smallest absolute Gasteiger partial charge is 0.338 e. The number of anilines is 1. The molecule has 10 nitrogen and oxygen atoms in total. The summed E-state index contributed by atoms with van der Waals surface area (Å²) in [7, 11) is 0. The number of benzene rings is 2. The first-order valence-corrected chi connectivity index (χ1v) is 14.5. The first-order valence-electron chi connectivity index (χ1n) is 13.6. The number of nitrogens with zero attached hydrogens (tertiary/aromatic N) is 2. The van der Waals surface area contributed by atoms with Crippen molar-refractivity contribution in [3.63, 3.8) is 0 Å². The van der Waals surface area contributed by atoms with E-state index in [9.17, 15) is 28.9 Å². The predicted octanol–water partition coefficient (Wildman–Crippen LogP) is 5.32. The normalized spacial score (nSPS) is 20.1. The third kappa shape index (κ3) is 5.41. The molecule has 3 atom stereocenters. The van der Waals surface area contributed by atoms with Gasteiger partial charge in [-0.3, -0.25) is 24.6 Å². The van der Waals surface area contributed by atoms with Gasteiger partial charge in [0.1, 0.15) is 17.6 Å². The molecule has 2 aliphatic rings. The highest BCUT2D eigenvalue weighted by atomic mass is 32.1. The SMILES string of the molecule is CCOC(=O)C1=C(N)N(c2ccc([N+](=O)[O-])cc2)C2=C(C(=O)[C@H](C(=O)OCC)[C@@H](c3cccs3)C2)[C@H]1c1cccc(F)c1. The molecule has 1 aliphatic carbocycles. The summed E-state index contributed by atoms with van der Waals surface area (Å²) in [4.78, 5) is 54.7. The molecule has 2 aromatic carbocycles. The lowest BCUT2D eigenvalue weighted by atomic mass is 9.68. The molecule has 5 rings (SSSR count). The van der Waals surface area contributed by atoms with Crippen molar-refractivity contribution in [2.24, 2.45) is 11.7 Å². The molecule has 0 bridgehead atoms. The fourth-order valence-corrected chi connectivity index (χ4v) is 6.61. The molecule has 3 aromatic rings. The molecule has 2 heterocycles. The van der Waals surface area contributed by atoms with Gasteiger partial charge in [-0.25, -0.2) is 9.18 Å². The van der Waals surface area contributed by atoms with Gasteiger partial charge in [0.2, 0.25) is 0 Å². The molecule has 0 saturated heterocycles. The molecular weight excluding hydrogens is 577 g/mol. The van der Waals surface area contributed by atoms with E-state index in [1.54, 1.807) is 19.9 Å². The summed E-state index contributed by atoms with van der Waals surface area (Å²) in [6.07, 6.45) is 0.130. The highest BCUT2D eigenvalue weighted by Crippen LogP contribution is 2.52. The molecule has 1 aromatic heterocycles. The minimum atomic E-state index is -1.24. The summed E-state index contributed by atoms with van der Waals surface area (Å²) in [5.41, 5.74) is 7.55. The molecule has 43 heavy (non-hydrogen) atoms. The van der Waals surface area contributed by atoms with E-state index in [0.29, 0.717) is 11.4 Å². The second-order valence-electron chi connectivity index (χ2n) is 9.90. The van der Waals surface area contributed by atoms with E-state index in [-0.39, 0.29) is 47.9 Å². The monoisotopic (exact) mass is 605 g/mol. The average Bonchev–Trinajstić information content (AvgIpc) is 3.52. The number of non-ortho nitro benzene ring substituents is 1. The topological polar surface area (TPSA) is 142 Å². The summed E-state index contributed by atoms with van der Waals surface area (Å²) in [6, 6.07) is 14.6. The fraction of sp³-hybridized carbons (Fsp3) is 0.258. The van der Waals surface area contributed by atoms with Gasteiger partial charge in [-0.15, -0.1) is 11.3 Å². The van der Waals surface area contributed by atoms with Crippen molar-refractivity contribution in [2.45, 2.75) is 32.1 Å². The number of rotatable bonds is 8. The number of ketones is 1. The molecule has 0 spiro atoms. The number of nitrogens with two attached hydrogens (primary N) is 1. The zero-order chi connectivity index (χ0) is 30.8. The standard InChI is InChI=1S/C31H28FN3O7S/c1-3-41-30(37)25-21(23-9-6-14-43-23)16-22-26(28(25)36)24(17-7-5-8-18(32)15-17)27(31(38)42-4-2)29(33)34(22)19-10-12-20(13-11-19)35(39)40/h5-15,21,24-25H,3-4,16,33H2,1-2H3/t21-,24-,25-/m1/s1. The van der Waals surface area contributed by atoms with Crippen LogP contribution in [0.3, 0.4) is 0 Å². The Morgan fingerprint density at radius 2 is 1.81 bits per heavy atom. The molecule has 0 fully saturated rings. The van der Waals surface area contributed by atoms with Crippen molar-refractivity contribution < 1.29 is 33.2 Å². The van der Waals surface area contributed by atoms with Gasteiger partial charge in [0.25, 0.3) is 5.69 Å². The Labute approximate surface area is 250 Å². The Morgan fingerprint density at radius 3 is 2.42 bits per heavy atom. The van der Waals surface area contributed by atoms with Crippen LogP contribution in [0, 0.1) is 21.8 Å². The predicted molar refractivity (Wildman–Crippen MR) is 156 cm³/mol. The Balaban J connectivity index is 1.81. The van der Waals surface area contributed by atoms with Crippen molar-refractivity contribution in [3.8, 4) is 0 Å². The van der Waals surface area contributed by atoms with E-state index in [1.807, 2.05) is 17.5 Å². The number of halogens is 1. The molecule has 1 aliphatic heterocycles. The summed E-state index contributed by atoms with van der Waals surface area (Å²) in [6.45, 7) is 3.30. The molecule has 222 valence electrons. The van der Waals surface area contributed by atoms with E-state index >= 15 is 0 Å². The second-order valence-corrected chi connectivity index (χ2v) is 10.9. The van der Waals surface area contributed by atoms with Crippen LogP contribution in [0.5, 0.6) is 0 Å². The van der Waals surface area contributed by atoms with E-state index in [0.717, 1.165) is 4.88 Å². The summed E-state index contributed by atoms with van der Waals surface area (Å²) >= 11 is 1.38. The lowest BCUT2D eigenvalue weighted by Crippen LogP contribution is -2.46. The van der Waals surface area contributed by atoms with Crippen molar-refractivity contribution in [2.75, 3.05) is 18.1 Å². The van der Waals surface area contributed by atoms with Crippen molar-refractivity contribution in [1.82, 2.24) is 0 Å². The number of Topliss-reactive ketones (excluding diaryl/α,β-unsaturated/α-hetero) is 1. The minimum Gasteiger partial charge on any atom is -0.465 e. The lowest BCUT2D eigenvalue weighted by molar-refractivity contribution is -0.384. The number of ether oxygens (including phenoxy) is 2. The molecule has 12 heteroatoms.